The first-order chi connectivity index (χ1) is 19.7. The Labute approximate surface area is 242 Å². The Balaban J connectivity index is 1.78. The molecule has 0 spiro atoms. The number of amides is 3. The van der Waals surface area contributed by atoms with E-state index in [1.807, 2.05) is 0 Å². The summed E-state index contributed by atoms with van der Waals surface area (Å²) >= 11 is 0. The Kier molecular flexibility index (Phi) is 8.03. The zero-order valence-corrected chi connectivity index (χ0v) is 23.6. The quantitative estimate of drug-likeness (QED) is 0.337. The summed E-state index contributed by atoms with van der Waals surface area (Å²) in [4.78, 5) is 42.7. The molecule has 4 rings (SSSR count). The summed E-state index contributed by atoms with van der Waals surface area (Å²) in [5.74, 6) is -5.02. The number of anilines is 1. The Bertz CT molecular complexity index is 1650. The van der Waals surface area contributed by atoms with Crippen LogP contribution >= 0.6 is 0 Å². The third kappa shape index (κ3) is 6.46. The second-order valence-electron chi connectivity index (χ2n) is 11.0. The van der Waals surface area contributed by atoms with Crippen LogP contribution < -0.4 is 10.5 Å². The molecular weight excluding hydrogens is 605 g/mol. The standard InChI is InChI=1S/C26H25F5N5O6S/c1-25(2,3)23(38)34-19-4-13(26(29,30)31)8-33-18(19)7-20-15-11-35(24(39)40)9-12(15)10-36(20)22(37)21-16(27)5-14(6-17(21)28)43(32,41)42/h4-8,20H,9-11H2,1-3H3,(H,34,38)(H,39,40)(H2,32,41,42). The molecule has 17 heteroatoms. The van der Waals surface area contributed by atoms with Crippen LogP contribution in [0.1, 0.15) is 42.4 Å². The fourth-order valence-corrected chi connectivity index (χ4v) is 5.10. The number of rotatable bonds is 5. The third-order valence-electron chi connectivity index (χ3n) is 6.83. The number of sulfonamides is 1. The molecule has 4 N–H and O–H groups in total. The number of aromatic nitrogens is 1. The van der Waals surface area contributed by atoms with E-state index in [4.69, 9.17) is 5.14 Å². The van der Waals surface area contributed by atoms with Crippen LogP contribution in [0, 0.1) is 23.5 Å². The molecule has 0 fully saturated rings. The number of halogens is 5. The maximum Gasteiger partial charge on any atom is 0.417 e. The van der Waals surface area contributed by atoms with Gasteiger partial charge in [-0.05, 0) is 29.3 Å². The van der Waals surface area contributed by atoms with Gasteiger partial charge in [-0.15, -0.1) is 0 Å². The summed E-state index contributed by atoms with van der Waals surface area (Å²) in [6.45, 7) is 3.83. The van der Waals surface area contributed by atoms with Gasteiger partial charge in [0.2, 0.25) is 15.9 Å². The summed E-state index contributed by atoms with van der Waals surface area (Å²) < 4.78 is 93.6. The lowest BCUT2D eigenvalue weighted by Gasteiger charge is -2.30. The van der Waals surface area contributed by atoms with Crippen molar-refractivity contribution in [2.75, 3.05) is 25.0 Å². The number of carbonyl (C=O) groups is 3. The Morgan fingerprint density at radius 2 is 1.67 bits per heavy atom. The molecule has 0 aliphatic carbocycles. The van der Waals surface area contributed by atoms with Gasteiger partial charge in [-0.2, -0.15) is 13.2 Å². The monoisotopic (exact) mass is 630 g/mol. The minimum atomic E-state index is -4.83. The fraction of sp³-hybridized carbons (Fsp3) is 0.346. The van der Waals surface area contributed by atoms with Crippen molar-refractivity contribution >= 4 is 33.6 Å². The lowest BCUT2D eigenvalue weighted by atomic mass is 9.95. The van der Waals surface area contributed by atoms with Crippen LogP contribution in [0.15, 0.2) is 40.4 Å². The van der Waals surface area contributed by atoms with Gasteiger partial charge in [-0.1, -0.05) is 20.8 Å². The lowest BCUT2D eigenvalue weighted by Crippen LogP contribution is -2.43. The minimum absolute atomic E-state index is 0.165. The SMILES string of the molecule is CC(C)(C)C(=O)Nc1cc(C(F)(F)F)cnc1[CH]C1C2=C(CN(C(=O)O)C2)CN1C(=O)c1c(F)cc(S(N)(=O)=O)cc1F. The van der Waals surface area contributed by atoms with Gasteiger partial charge in [0.25, 0.3) is 5.91 Å². The molecule has 0 bridgehead atoms. The molecule has 0 saturated carbocycles. The van der Waals surface area contributed by atoms with Gasteiger partial charge in [0, 0.05) is 37.7 Å². The molecule has 2 aliphatic rings. The van der Waals surface area contributed by atoms with Crippen LogP contribution in [0.2, 0.25) is 0 Å². The maximum atomic E-state index is 14.9. The summed E-state index contributed by atoms with van der Waals surface area (Å²) in [6, 6.07) is 0.108. The van der Waals surface area contributed by atoms with Crippen LogP contribution in [0.3, 0.4) is 0 Å². The number of hydrogen-bond acceptors (Lipinski definition) is 6. The molecule has 1 aromatic heterocycles. The number of pyridine rings is 1. The van der Waals surface area contributed by atoms with E-state index in [0.29, 0.717) is 35.5 Å². The van der Waals surface area contributed by atoms with Crippen LogP contribution in [0.25, 0.3) is 0 Å². The molecule has 2 aliphatic heterocycles. The highest BCUT2D eigenvalue weighted by molar-refractivity contribution is 7.89. The van der Waals surface area contributed by atoms with E-state index in [-0.39, 0.29) is 31.0 Å². The minimum Gasteiger partial charge on any atom is -0.465 e. The van der Waals surface area contributed by atoms with Crippen molar-refractivity contribution in [2.45, 2.75) is 37.9 Å². The smallest absolute Gasteiger partial charge is 0.417 e. The first-order valence-corrected chi connectivity index (χ1v) is 14.0. The number of nitrogens with two attached hydrogens (primary N) is 1. The molecular formula is C26H25F5N5O6S. The zero-order valence-electron chi connectivity index (χ0n) is 22.8. The highest BCUT2D eigenvalue weighted by atomic mass is 32.2. The molecule has 1 aromatic carbocycles. The second-order valence-corrected chi connectivity index (χ2v) is 12.5. The van der Waals surface area contributed by atoms with Crippen molar-refractivity contribution in [1.82, 2.24) is 14.8 Å². The summed E-state index contributed by atoms with van der Waals surface area (Å²) in [5, 5.41) is 16.8. The van der Waals surface area contributed by atoms with Gasteiger partial charge in [0.05, 0.1) is 27.9 Å². The first-order valence-electron chi connectivity index (χ1n) is 12.4. The molecule has 43 heavy (non-hydrogen) atoms. The van der Waals surface area contributed by atoms with Gasteiger partial charge in [-0.3, -0.25) is 14.6 Å². The molecule has 1 atom stereocenters. The number of nitrogens with one attached hydrogen (secondary N) is 1. The number of alkyl halides is 3. The predicted octanol–water partition coefficient (Wildman–Crippen LogP) is 3.38. The number of benzene rings is 1. The average molecular weight is 631 g/mol. The molecule has 231 valence electrons. The Morgan fingerprint density at radius 1 is 1.07 bits per heavy atom. The number of hydrogen-bond donors (Lipinski definition) is 3. The van der Waals surface area contributed by atoms with Crippen LogP contribution in [-0.4, -0.2) is 71.9 Å². The number of primary sulfonamides is 1. The number of carboxylic acid groups (broad SMARTS) is 1. The number of carbonyl (C=O) groups excluding carboxylic acids is 2. The van der Waals surface area contributed by atoms with Crippen LogP contribution in [0.4, 0.5) is 32.4 Å². The van der Waals surface area contributed by atoms with E-state index in [2.05, 4.69) is 10.3 Å². The summed E-state index contributed by atoms with van der Waals surface area (Å²) in [6.07, 6.45) is -4.45. The highest BCUT2D eigenvalue weighted by Crippen LogP contribution is 2.38. The Morgan fingerprint density at radius 3 is 2.19 bits per heavy atom. The van der Waals surface area contributed by atoms with Crippen molar-refractivity contribution in [3.63, 3.8) is 0 Å². The van der Waals surface area contributed by atoms with E-state index >= 15 is 0 Å². The lowest BCUT2D eigenvalue weighted by molar-refractivity contribution is -0.137. The molecule has 2 aromatic rings. The van der Waals surface area contributed by atoms with E-state index in [1.165, 1.54) is 27.2 Å². The van der Waals surface area contributed by atoms with Crippen molar-refractivity contribution in [2.24, 2.45) is 10.6 Å². The third-order valence-corrected chi connectivity index (χ3v) is 7.72. The fourth-order valence-electron chi connectivity index (χ4n) is 4.56. The second kappa shape index (κ2) is 10.9. The normalized spacial score (nSPS) is 17.4. The van der Waals surface area contributed by atoms with Gasteiger partial charge in [-0.25, -0.2) is 27.1 Å². The van der Waals surface area contributed by atoms with E-state index < -0.39 is 73.2 Å². The number of nitrogens with zero attached hydrogens (tertiary/aromatic N) is 3. The largest absolute Gasteiger partial charge is 0.465 e. The van der Waals surface area contributed by atoms with Crippen LogP contribution in [-0.2, 0) is 21.0 Å². The summed E-state index contributed by atoms with van der Waals surface area (Å²) in [5.41, 5.74) is -3.27. The molecule has 3 amide bonds. The molecule has 11 nitrogen and oxygen atoms in total. The van der Waals surface area contributed by atoms with Crippen LogP contribution in [0.5, 0.6) is 0 Å². The first kappa shape index (κ1) is 31.8. The van der Waals surface area contributed by atoms with Crippen molar-refractivity contribution < 1.29 is 49.9 Å². The van der Waals surface area contributed by atoms with Crippen molar-refractivity contribution in [1.29, 1.82) is 0 Å². The van der Waals surface area contributed by atoms with E-state index in [9.17, 15) is 49.9 Å². The van der Waals surface area contributed by atoms with E-state index in [1.54, 1.807) is 0 Å². The van der Waals surface area contributed by atoms with Gasteiger partial charge >= 0.3 is 12.3 Å². The van der Waals surface area contributed by atoms with Gasteiger partial charge < -0.3 is 20.2 Å². The zero-order chi connectivity index (χ0) is 32.2. The summed E-state index contributed by atoms with van der Waals surface area (Å²) in [7, 11) is -4.53. The van der Waals surface area contributed by atoms with Crippen molar-refractivity contribution in [3.05, 3.63) is 70.4 Å². The topological polar surface area (TPSA) is 163 Å². The maximum absolute atomic E-state index is 14.9. The van der Waals surface area contributed by atoms with Crippen molar-refractivity contribution in [3.8, 4) is 0 Å². The van der Waals surface area contributed by atoms with E-state index in [0.717, 1.165) is 9.80 Å². The Hall–Kier alpha value is -4.12. The highest BCUT2D eigenvalue weighted by Gasteiger charge is 2.44. The average Bonchev–Trinajstić information content (AvgIpc) is 3.42. The molecule has 0 saturated heterocycles. The molecule has 1 unspecified atom stereocenters. The van der Waals surface area contributed by atoms with Gasteiger partial charge in [0.15, 0.2) is 0 Å². The van der Waals surface area contributed by atoms with Gasteiger partial charge in [0.1, 0.15) is 17.2 Å². The predicted molar refractivity (Wildman–Crippen MR) is 140 cm³/mol. The molecule has 1 radical (unpaired) electrons. The molecule has 3 heterocycles.